The summed E-state index contributed by atoms with van der Waals surface area (Å²) in [5.74, 6) is 0.0946. The van der Waals surface area contributed by atoms with Gasteiger partial charge in [0.15, 0.2) is 12.4 Å². The first-order chi connectivity index (χ1) is 12.0. The van der Waals surface area contributed by atoms with Gasteiger partial charge >= 0.3 is 0 Å². The molecule has 0 aliphatic carbocycles. The Morgan fingerprint density at radius 3 is 2.40 bits per heavy atom. The number of amides is 1. The maximum atomic E-state index is 13.3. The fourth-order valence-corrected chi connectivity index (χ4v) is 2.41. The lowest BCUT2D eigenvalue weighted by atomic mass is 10.1. The van der Waals surface area contributed by atoms with Crippen LogP contribution in [0.2, 0.25) is 0 Å². The molecule has 4 nitrogen and oxygen atoms in total. The number of Topliss-reactive ketones (excluding diaryl/α,β-unsaturated/α-hetero) is 1. The zero-order valence-electron chi connectivity index (χ0n) is 14.5. The third-order valence-corrected chi connectivity index (χ3v) is 3.86. The number of ketones is 1. The second-order valence-electron chi connectivity index (χ2n) is 5.63. The molecule has 0 atom stereocenters. The Balaban J connectivity index is 1.92. The predicted octanol–water partition coefficient (Wildman–Crippen LogP) is 3.85. The van der Waals surface area contributed by atoms with Gasteiger partial charge in [0.25, 0.3) is 5.91 Å². The number of carbonyl (C=O) groups is 2. The van der Waals surface area contributed by atoms with E-state index in [1.165, 1.54) is 12.1 Å². The molecule has 0 aliphatic heterocycles. The van der Waals surface area contributed by atoms with Gasteiger partial charge in [0.05, 0.1) is 0 Å². The highest BCUT2D eigenvalue weighted by Gasteiger charge is 2.13. The van der Waals surface area contributed by atoms with Gasteiger partial charge in [-0.3, -0.25) is 9.59 Å². The molecule has 0 aliphatic rings. The average Bonchev–Trinajstić information content (AvgIpc) is 2.64. The van der Waals surface area contributed by atoms with E-state index in [1.807, 2.05) is 13.8 Å². The number of rotatable bonds is 8. The van der Waals surface area contributed by atoms with Crippen LogP contribution in [0.3, 0.4) is 0 Å². The average molecular weight is 343 g/mol. The number of carbonyl (C=O) groups excluding carboxylic acids is 2. The summed E-state index contributed by atoms with van der Waals surface area (Å²) in [7, 11) is 0. The van der Waals surface area contributed by atoms with Crippen molar-refractivity contribution in [3.8, 4) is 5.75 Å². The van der Waals surface area contributed by atoms with Gasteiger partial charge in [-0.05, 0) is 48.9 Å². The molecule has 0 saturated heterocycles. The Labute approximate surface area is 147 Å². The molecule has 0 radical (unpaired) electrons. The first-order valence-corrected chi connectivity index (χ1v) is 8.31. The Morgan fingerprint density at radius 2 is 1.80 bits per heavy atom. The summed E-state index contributed by atoms with van der Waals surface area (Å²) in [4.78, 5) is 25.5. The molecule has 0 fully saturated rings. The molecule has 0 N–H and O–H groups in total. The molecule has 25 heavy (non-hydrogen) atoms. The largest absolute Gasteiger partial charge is 0.484 e. The van der Waals surface area contributed by atoms with Crippen LogP contribution in [0.1, 0.15) is 36.2 Å². The first-order valence-electron chi connectivity index (χ1n) is 8.31. The second kappa shape index (κ2) is 8.97. The zero-order chi connectivity index (χ0) is 18.2. The van der Waals surface area contributed by atoms with Crippen molar-refractivity contribution in [2.45, 2.75) is 26.8 Å². The Morgan fingerprint density at radius 1 is 1.08 bits per heavy atom. The molecule has 5 heteroatoms. The fraction of sp³-hybridized carbons (Fsp3) is 0.300. The van der Waals surface area contributed by atoms with Crippen LogP contribution in [0, 0.1) is 5.82 Å². The Kier molecular flexibility index (Phi) is 6.69. The molecular formula is C20H22FNO3. The highest BCUT2D eigenvalue weighted by Crippen LogP contribution is 2.14. The van der Waals surface area contributed by atoms with E-state index in [0.717, 1.165) is 5.56 Å². The number of ether oxygens (including phenoxy) is 1. The van der Waals surface area contributed by atoms with Crippen LogP contribution in [0.25, 0.3) is 0 Å². The lowest BCUT2D eigenvalue weighted by Crippen LogP contribution is -2.34. The van der Waals surface area contributed by atoms with Crippen molar-refractivity contribution < 1.29 is 18.7 Å². The van der Waals surface area contributed by atoms with Crippen LogP contribution in [0.4, 0.5) is 4.39 Å². The SMILES string of the molecule is CCC(=O)c1ccc(OCC(=O)N(CC)Cc2cccc(F)c2)cc1. The van der Waals surface area contributed by atoms with E-state index in [-0.39, 0.29) is 24.1 Å². The molecule has 0 heterocycles. The van der Waals surface area contributed by atoms with E-state index in [1.54, 1.807) is 41.3 Å². The number of hydrogen-bond donors (Lipinski definition) is 0. The van der Waals surface area contributed by atoms with Crippen molar-refractivity contribution in [1.29, 1.82) is 0 Å². The molecule has 2 aromatic rings. The van der Waals surface area contributed by atoms with Crippen LogP contribution in [-0.2, 0) is 11.3 Å². The molecule has 2 aromatic carbocycles. The monoisotopic (exact) mass is 343 g/mol. The highest BCUT2D eigenvalue weighted by molar-refractivity contribution is 5.95. The molecule has 132 valence electrons. The second-order valence-corrected chi connectivity index (χ2v) is 5.63. The van der Waals surface area contributed by atoms with Crippen molar-refractivity contribution in [1.82, 2.24) is 4.90 Å². The Bertz CT molecular complexity index is 728. The first kappa shape index (κ1) is 18.6. The number of halogens is 1. The van der Waals surface area contributed by atoms with Crippen molar-refractivity contribution in [2.75, 3.05) is 13.2 Å². The van der Waals surface area contributed by atoms with E-state index < -0.39 is 0 Å². The predicted molar refractivity (Wildman–Crippen MR) is 94.0 cm³/mol. The topological polar surface area (TPSA) is 46.6 Å². The number of nitrogens with zero attached hydrogens (tertiary/aromatic N) is 1. The van der Waals surface area contributed by atoms with Crippen LogP contribution in [0.5, 0.6) is 5.75 Å². The van der Waals surface area contributed by atoms with Gasteiger partial charge < -0.3 is 9.64 Å². The maximum absolute atomic E-state index is 13.3. The van der Waals surface area contributed by atoms with Crippen molar-refractivity contribution in [3.63, 3.8) is 0 Å². The van der Waals surface area contributed by atoms with E-state index >= 15 is 0 Å². The van der Waals surface area contributed by atoms with E-state index in [9.17, 15) is 14.0 Å². The quantitative estimate of drug-likeness (QED) is 0.684. The number of likely N-dealkylation sites (N-methyl/N-ethyl adjacent to an activating group) is 1. The summed E-state index contributed by atoms with van der Waals surface area (Å²) in [6.45, 7) is 4.40. The lowest BCUT2D eigenvalue weighted by Gasteiger charge is -2.21. The number of benzene rings is 2. The van der Waals surface area contributed by atoms with Crippen LogP contribution in [0.15, 0.2) is 48.5 Å². The van der Waals surface area contributed by atoms with Gasteiger partial charge in [-0.25, -0.2) is 4.39 Å². The third-order valence-electron chi connectivity index (χ3n) is 3.86. The summed E-state index contributed by atoms with van der Waals surface area (Å²) < 4.78 is 18.8. The fourth-order valence-electron chi connectivity index (χ4n) is 2.41. The normalized spacial score (nSPS) is 10.4. The summed E-state index contributed by atoms with van der Waals surface area (Å²) in [6, 6.07) is 12.9. The smallest absolute Gasteiger partial charge is 0.260 e. The van der Waals surface area contributed by atoms with E-state index in [2.05, 4.69) is 0 Å². The molecule has 0 spiro atoms. The van der Waals surface area contributed by atoms with Crippen LogP contribution >= 0.6 is 0 Å². The number of hydrogen-bond acceptors (Lipinski definition) is 3. The molecule has 1 amide bonds. The zero-order valence-corrected chi connectivity index (χ0v) is 14.5. The van der Waals surface area contributed by atoms with Crippen LogP contribution in [-0.4, -0.2) is 29.7 Å². The molecule has 0 aromatic heterocycles. The van der Waals surface area contributed by atoms with Gasteiger partial charge in [-0.2, -0.15) is 0 Å². The van der Waals surface area contributed by atoms with E-state index in [0.29, 0.717) is 30.8 Å². The molecule has 0 unspecified atom stereocenters. The van der Waals surface area contributed by atoms with Crippen molar-refractivity contribution in [2.24, 2.45) is 0 Å². The molecule has 2 rings (SSSR count). The van der Waals surface area contributed by atoms with Gasteiger partial charge in [0, 0.05) is 25.1 Å². The molecule has 0 saturated carbocycles. The summed E-state index contributed by atoms with van der Waals surface area (Å²) in [5, 5.41) is 0. The van der Waals surface area contributed by atoms with Crippen molar-refractivity contribution >= 4 is 11.7 Å². The van der Waals surface area contributed by atoms with Crippen molar-refractivity contribution in [3.05, 3.63) is 65.5 Å². The lowest BCUT2D eigenvalue weighted by molar-refractivity contribution is -0.133. The van der Waals surface area contributed by atoms with Gasteiger partial charge in [0.2, 0.25) is 0 Å². The molecule has 0 bridgehead atoms. The third kappa shape index (κ3) is 5.41. The standard InChI is InChI=1S/C20H22FNO3/c1-3-19(23)16-8-10-18(11-9-16)25-14-20(24)22(4-2)13-15-6-5-7-17(21)12-15/h5-12H,3-4,13-14H2,1-2H3. The summed E-state index contributed by atoms with van der Waals surface area (Å²) in [5.41, 5.74) is 1.36. The maximum Gasteiger partial charge on any atom is 0.260 e. The van der Waals surface area contributed by atoms with Gasteiger partial charge in [0.1, 0.15) is 11.6 Å². The minimum absolute atomic E-state index is 0.0647. The van der Waals surface area contributed by atoms with Gasteiger partial charge in [-0.15, -0.1) is 0 Å². The highest BCUT2D eigenvalue weighted by atomic mass is 19.1. The van der Waals surface area contributed by atoms with Crippen LogP contribution < -0.4 is 4.74 Å². The minimum atomic E-state index is -0.320. The minimum Gasteiger partial charge on any atom is -0.484 e. The summed E-state index contributed by atoms with van der Waals surface area (Å²) >= 11 is 0. The van der Waals surface area contributed by atoms with E-state index in [4.69, 9.17) is 4.74 Å². The Hall–Kier alpha value is -2.69. The summed E-state index contributed by atoms with van der Waals surface area (Å²) in [6.07, 6.45) is 0.449. The van der Waals surface area contributed by atoms with Gasteiger partial charge in [-0.1, -0.05) is 19.1 Å². The molecular weight excluding hydrogens is 321 g/mol.